The van der Waals surface area contributed by atoms with Crippen LogP contribution in [-0.4, -0.2) is 45.8 Å². The molecule has 0 bridgehead atoms. The number of carbonyl (C=O) groups excluding carboxylic acids is 2. The van der Waals surface area contributed by atoms with Crippen LogP contribution in [0.3, 0.4) is 0 Å². The van der Waals surface area contributed by atoms with Gasteiger partial charge in [0.15, 0.2) is 0 Å². The molecule has 1 N–H and O–H groups in total. The molecule has 0 unspecified atom stereocenters. The smallest absolute Gasteiger partial charge is 0.303 e. The van der Waals surface area contributed by atoms with Crippen molar-refractivity contribution in [3.8, 4) is 0 Å². The summed E-state index contributed by atoms with van der Waals surface area (Å²) < 4.78 is 0. The number of fused-ring (bicyclic) bond motifs is 1. The van der Waals surface area contributed by atoms with Crippen LogP contribution in [0.5, 0.6) is 0 Å². The van der Waals surface area contributed by atoms with Gasteiger partial charge in [-0.2, -0.15) is 0 Å². The van der Waals surface area contributed by atoms with Crippen LogP contribution in [0.15, 0.2) is 54.6 Å². The molecule has 0 spiro atoms. The Bertz CT molecular complexity index is 835. The number of hydrogen-bond donors (Lipinski definition) is 1. The van der Waals surface area contributed by atoms with Crippen molar-refractivity contribution in [3.63, 3.8) is 0 Å². The van der Waals surface area contributed by atoms with Gasteiger partial charge in [0.2, 0.25) is 5.91 Å². The first-order valence-electron chi connectivity index (χ1n) is 8.95. The average Bonchev–Trinajstić information content (AvgIpc) is 2.97. The van der Waals surface area contributed by atoms with Crippen LogP contribution < -0.4 is 0 Å². The van der Waals surface area contributed by atoms with Crippen LogP contribution in [0, 0.1) is 0 Å². The van der Waals surface area contributed by atoms with Crippen LogP contribution in [-0.2, 0) is 22.7 Å². The van der Waals surface area contributed by atoms with Crippen molar-refractivity contribution in [1.82, 2.24) is 9.80 Å². The summed E-state index contributed by atoms with van der Waals surface area (Å²) >= 11 is 0. The van der Waals surface area contributed by atoms with Crippen molar-refractivity contribution >= 4 is 17.8 Å². The summed E-state index contributed by atoms with van der Waals surface area (Å²) in [5, 5.41) is 8.86. The van der Waals surface area contributed by atoms with E-state index in [9.17, 15) is 14.4 Å². The van der Waals surface area contributed by atoms with Gasteiger partial charge in [-0.3, -0.25) is 14.4 Å². The Labute approximate surface area is 158 Å². The van der Waals surface area contributed by atoms with E-state index >= 15 is 0 Å². The zero-order chi connectivity index (χ0) is 19.2. The lowest BCUT2D eigenvalue weighted by atomic mass is 10.1. The highest BCUT2D eigenvalue weighted by atomic mass is 16.4. The number of aliphatic carboxylic acids is 1. The van der Waals surface area contributed by atoms with Crippen molar-refractivity contribution in [2.75, 3.05) is 13.1 Å². The van der Waals surface area contributed by atoms with Crippen molar-refractivity contribution < 1.29 is 19.5 Å². The summed E-state index contributed by atoms with van der Waals surface area (Å²) in [6, 6.07) is 16.9. The molecule has 0 aliphatic carbocycles. The van der Waals surface area contributed by atoms with Gasteiger partial charge in [0.25, 0.3) is 5.91 Å². The van der Waals surface area contributed by atoms with Crippen LogP contribution in [0.25, 0.3) is 0 Å². The van der Waals surface area contributed by atoms with Crippen LogP contribution in [0.1, 0.15) is 34.3 Å². The molecular weight excluding hydrogens is 344 g/mol. The number of nitrogens with zero attached hydrogens (tertiary/aromatic N) is 2. The molecule has 0 saturated carbocycles. The van der Waals surface area contributed by atoms with Crippen LogP contribution >= 0.6 is 0 Å². The van der Waals surface area contributed by atoms with E-state index in [1.807, 2.05) is 48.5 Å². The molecule has 6 nitrogen and oxygen atoms in total. The van der Waals surface area contributed by atoms with Gasteiger partial charge in [-0.1, -0.05) is 48.5 Å². The van der Waals surface area contributed by atoms with Gasteiger partial charge in [0.1, 0.15) is 6.54 Å². The van der Waals surface area contributed by atoms with Gasteiger partial charge in [-0.15, -0.1) is 0 Å². The molecule has 2 aromatic rings. The average molecular weight is 366 g/mol. The highest BCUT2D eigenvalue weighted by Crippen LogP contribution is 2.22. The topological polar surface area (TPSA) is 77.9 Å². The predicted octanol–water partition coefficient (Wildman–Crippen LogP) is 2.54. The lowest BCUT2D eigenvalue weighted by molar-refractivity contribution is -0.138. The Balaban J connectivity index is 1.67. The van der Waals surface area contributed by atoms with E-state index in [2.05, 4.69) is 0 Å². The van der Waals surface area contributed by atoms with Gasteiger partial charge in [-0.25, -0.2) is 0 Å². The molecule has 3 rings (SSSR count). The minimum atomic E-state index is -0.882. The van der Waals surface area contributed by atoms with Gasteiger partial charge < -0.3 is 14.9 Å². The molecule has 1 aliphatic rings. The second-order valence-corrected chi connectivity index (χ2v) is 6.62. The molecule has 140 valence electrons. The third kappa shape index (κ3) is 4.73. The highest BCUT2D eigenvalue weighted by molar-refractivity contribution is 6.00. The molecule has 0 aromatic heterocycles. The summed E-state index contributed by atoms with van der Waals surface area (Å²) in [4.78, 5) is 39.3. The minimum absolute atomic E-state index is 0.00653. The number of hydrogen-bond acceptors (Lipinski definition) is 3. The zero-order valence-corrected chi connectivity index (χ0v) is 15.0. The van der Waals surface area contributed by atoms with Gasteiger partial charge >= 0.3 is 5.97 Å². The van der Waals surface area contributed by atoms with Gasteiger partial charge in [0, 0.05) is 31.6 Å². The summed E-state index contributed by atoms with van der Waals surface area (Å²) in [7, 11) is 0. The number of amides is 2. The van der Waals surface area contributed by atoms with Crippen molar-refractivity contribution in [2.45, 2.75) is 25.9 Å². The molecule has 0 atom stereocenters. The van der Waals surface area contributed by atoms with Crippen LogP contribution in [0.2, 0.25) is 0 Å². The normalized spacial score (nSPS) is 12.7. The maximum atomic E-state index is 12.9. The second kappa shape index (κ2) is 8.49. The Morgan fingerprint density at radius 2 is 1.74 bits per heavy atom. The quantitative estimate of drug-likeness (QED) is 0.779. The van der Waals surface area contributed by atoms with Crippen LogP contribution in [0.4, 0.5) is 0 Å². The standard InChI is InChI=1S/C21H22N2O4/c24-19(15-23-14-17-9-4-5-10-18(17)21(23)27)22(12-6-11-20(25)26)13-16-7-2-1-3-8-16/h1-5,7-10H,6,11-15H2,(H,25,26). The molecular formula is C21H22N2O4. The van der Waals surface area contributed by atoms with Gasteiger partial charge in [-0.05, 0) is 23.6 Å². The fraction of sp³-hybridized carbons (Fsp3) is 0.286. The first kappa shape index (κ1) is 18.6. The van der Waals surface area contributed by atoms with E-state index < -0.39 is 5.97 Å². The zero-order valence-electron chi connectivity index (χ0n) is 15.0. The Morgan fingerprint density at radius 3 is 2.44 bits per heavy atom. The molecule has 0 saturated heterocycles. The molecule has 2 amide bonds. The lowest BCUT2D eigenvalue weighted by Gasteiger charge is -2.25. The molecule has 27 heavy (non-hydrogen) atoms. The van der Waals surface area contributed by atoms with E-state index in [1.165, 1.54) is 0 Å². The monoisotopic (exact) mass is 366 g/mol. The predicted molar refractivity (Wildman–Crippen MR) is 99.9 cm³/mol. The third-order valence-corrected chi connectivity index (χ3v) is 4.61. The second-order valence-electron chi connectivity index (χ2n) is 6.62. The molecule has 1 aliphatic heterocycles. The first-order chi connectivity index (χ1) is 13.0. The summed E-state index contributed by atoms with van der Waals surface area (Å²) in [5.41, 5.74) is 2.54. The maximum absolute atomic E-state index is 12.9. The number of rotatable bonds is 8. The van der Waals surface area contributed by atoms with E-state index in [1.54, 1.807) is 15.9 Å². The Hall–Kier alpha value is -3.15. The number of carboxylic acid groups (broad SMARTS) is 1. The summed E-state index contributed by atoms with van der Waals surface area (Å²) in [5.74, 6) is -1.19. The van der Waals surface area contributed by atoms with E-state index in [4.69, 9.17) is 5.11 Å². The minimum Gasteiger partial charge on any atom is -0.481 e. The molecule has 0 radical (unpaired) electrons. The maximum Gasteiger partial charge on any atom is 0.303 e. The summed E-state index contributed by atoms with van der Waals surface area (Å²) in [6.07, 6.45) is 0.384. The lowest BCUT2D eigenvalue weighted by Crippen LogP contribution is -2.40. The number of carbonyl (C=O) groups is 3. The fourth-order valence-electron chi connectivity index (χ4n) is 3.22. The molecule has 2 aromatic carbocycles. The SMILES string of the molecule is O=C(O)CCCN(Cc1ccccc1)C(=O)CN1Cc2ccccc2C1=O. The Kier molecular flexibility index (Phi) is 5.86. The van der Waals surface area contributed by atoms with Crippen molar-refractivity contribution in [3.05, 3.63) is 71.3 Å². The highest BCUT2D eigenvalue weighted by Gasteiger charge is 2.29. The molecule has 1 heterocycles. The first-order valence-corrected chi connectivity index (χ1v) is 8.95. The van der Waals surface area contributed by atoms with E-state index in [-0.39, 0.29) is 24.8 Å². The Morgan fingerprint density at radius 1 is 1.04 bits per heavy atom. The molecule has 6 heteroatoms. The number of carboxylic acids is 1. The van der Waals surface area contributed by atoms with Crippen molar-refractivity contribution in [1.29, 1.82) is 0 Å². The molecule has 0 fully saturated rings. The fourth-order valence-corrected chi connectivity index (χ4v) is 3.22. The number of benzene rings is 2. The van der Waals surface area contributed by atoms with E-state index in [0.717, 1.165) is 11.1 Å². The largest absolute Gasteiger partial charge is 0.481 e. The van der Waals surface area contributed by atoms with E-state index in [0.29, 0.717) is 31.6 Å². The van der Waals surface area contributed by atoms with Gasteiger partial charge in [0.05, 0.1) is 0 Å². The third-order valence-electron chi connectivity index (χ3n) is 4.61. The van der Waals surface area contributed by atoms with Crippen molar-refractivity contribution in [2.24, 2.45) is 0 Å². The summed E-state index contributed by atoms with van der Waals surface area (Å²) in [6.45, 7) is 1.16.